The van der Waals surface area contributed by atoms with Crippen molar-refractivity contribution in [3.63, 3.8) is 0 Å². The minimum Gasteiger partial charge on any atom is -0.507 e. The second-order valence-corrected chi connectivity index (χ2v) is 5.70. The van der Waals surface area contributed by atoms with Crippen molar-refractivity contribution in [1.82, 2.24) is 0 Å². The van der Waals surface area contributed by atoms with E-state index in [0.29, 0.717) is 22.2 Å². The molecule has 0 unspecified atom stereocenters. The zero-order valence-corrected chi connectivity index (χ0v) is 15.2. The molecule has 7 nitrogen and oxygen atoms in total. The van der Waals surface area contributed by atoms with Crippen LogP contribution in [0.25, 0.3) is 0 Å². The first-order valence-corrected chi connectivity index (χ1v) is 7.96. The van der Waals surface area contributed by atoms with E-state index in [4.69, 9.17) is 25.8 Å². The van der Waals surface area contributed by atoms with Gasteiger partial charge in [-0.2, -0.15) is 0 Å². The van der Waals surface area contributed by atoms with Gasteiger partial charge in [-0.3, -0.25) is 4.79 Å². The fourth-order valence-electron chi connectivity index (χ4n) is 2.10. The Bertz CT molecular complexity index is 823. The van der Waals surface area contributed by atoms with E-state index in [1.807, 2.05) is 0 Å². The van der Waals surface area contributed by atoms with E-state index in [1.54, 1.807) is 12.1 Å². The number of halogens is 1. The third kappa shape index (κ3) is 4.58. The predicted molar refractivity (Wildman–Crippen MR) is 96.2 cm³/mol. The first kappa shape index (κ1) is 19.4. The molecule has 0 aliphatic rings. The molecule has 0 aromatic heterocycles. The van der Waals surface area contributed by atoms with Crippen LogP contribution in [-0.2, 0) is 9.53 Å². The van der Waals surface area contributed by atoms with Crippen LogP contribution in [0.15, 0.2) is 36.4 Å². The first-order chi connectivity index (χ1) is 12.3. The molecular formula is C18H18ClNO6. The zero-order valence-electron chi connectivity index (χ0n) is 14.4. The van der Waals surface area contributed by atoms with Gasteiger partial charge in [0.2, 0.25) is 0 Å². The van der Waals surface area contributed by atoms with E-state index in [9.17, 15) is 14.7 Å². The van der Waals surface area contributed by atoms with Crippen LogP contribution in [0, 0.1) is 0 Å². The summed E-state index contributed by atoms with van der Waals surface area (Å²) in [5.74, 6) is -0.928. The van der Waals surface area contributed by atoms with Crippen molar-refractivity contribution in [3.8, 4) is 17.2 Å². The van der Waals surface area contributed by atoms with Crippen molar-refractivity contribution in [2.75, 3.05) is 19.5 Å². The lowest BCUT2D eigenvalue weighted by Gasteiger charge is -2.16. The average molecular weight is 380 g/mol. The topological polar surface area (TPSA) is 94.1 Å². The molecule has 26 heavy (non-hydrogen) atoms. The number of phenolic OH excluding ortho intramolecular Hbond substituents is 1. The second-order valence-electron chi connectivity index (χ2n) is 5.26. The summed E-state index contributed by atoms with van der Waals surface area (Å²) in [6.45, 7) is 1.41. The monoisotopic (exact) mass is 379 g/mol. The molecule has 138 valence electrons. The van der Waals surface area contributed by atoms with Gasteiger partial charge in [-0.25, -0.2) is 4.79 Å². The van der Waals surface area contributed by atoms with Gasteiger partial charge in [0.05, 0.1) is 19.9 Å². The molecule has 2 N–H and O–H groups in total. The fourth-order valence-corrected chi connectivity index (χ4v) is 2.27. The molecule has 1 amide bonds. The van der Waals surface area contributed by atoms with Gasteiger partial charge in [-0.15, -0.1) is 0 Å². The first-order valence-electron chi connectivity index (χ1n) is 7.58. The highest BCUT2D eigenvalue weighted by molar-refractivity contribution is 6.31. The Hall–Kier alpha value is -2.93. The number of amides is 1. The maximum Gasteiger partial charge on any atom is 0.342 e. The van der Waals surface area contributed by atoms with Crippen LogP contribution in [0.5, 0.6) is 17.2 Å². The van der Waals surface area contributed by atoms with Gasteiger partial charge in [0.25, 0.3) is 5.91 Å². The summed E-state index contributed by atoms with van der Waals surface area (Å²) in [6.07, 6.45) is -1.12. The molecule has 8 heteroatoms. The summed E-state index contributed by atoms with van der Waals surface area (Å²) in [5.41, 5.74) is 0.269. The number of aromatic hydroxyl groups is 1. The number of esters is 1. The molecule has 2 aromatic carbocycles. The number of rotatable bonds is 6. The zero-order chi connectivity index (χ0) is 19.3. The van der Waals surface area contributed by atoms with Gasteiger partial charge in [0, 0.05) is 11.1 Å². The number of hydrogen-bond acceptors (Lipinski definition) is 6. The quantitative estimate of drug-likeness (QED) is 0.748. The van der Waals surface area contributed by atoms with E-state index in [1.165, 1.54) is 45.4 Å². The largest absolute Gasteiger partial charge is 0.507 e. The standard InChI is InChI=1S/C18H18ClNO6/c1-10(17(22)20-14-8-11(19)4-7-16(14)25-3)26-18(23)13-6-5-12(24-2)9-15(13)21/h4-10,21H,1-3H3,(H,20,22)/t10-/m1/s1. The third-order valence-electron chi connectivity index (χ3n) is 3.50. The van der Waals surface area contributed by atoms with Crippen molar-refractivity contribution in [1.29, 1.82) is 0 Å². The minimum atomic E-state index is -1.12. The van der Waals surface area contributed by atoms with Crippen molar-refractivity contribution < 1.29 is 28.9 Å². The summed E-state index contributed by atoms with van der Waals surface area (Å²) in [6, 6.07) is 8.86. The summed E-state index contributed by atoms with van der Waals surface area (Å²) < 4.78 is 15.2. The van der Waals surface area contributed by atoms with Gasteiger partial charge in [0.1, 0.15) is 22.8 Å². The number of carbonyl (C=O) groups is 2. The number of carbonyl (C=O) groups excluding carboxylic acids is 2. The van der Waals surface area contributed by atoms with Gasteiger partial charge >= 0.3 is 5.97 Å². The lowest BCUT2D eigenvalue weighted by molar-refractivity contribution is -0.123. The molecule has 0 heterocycles. The third-order valence-corrected chi connectivity index (χ3v) is 3.73. The summed E-state index contributed by atoms with van der Waals surface area (Å²) >= 11 is 5.91. The molecule has 2 aromatic rings. The SMILES string of the molecule is COc1ccc(C(=O)O[C@H](C)C(=O)Nc2cc(Cl)ccc2OC)c(O)c1. The minimum absolute atomic E-state index is 0.0780. The number of benzene rings is 2. The van der Waals surface area contributed by atoms with Gasteiger partial charge in [-0.1, -0.05) is 11.6 Å². The number of nitrogens with one attached hydrogen (secondary N) is 1. The lowest BCUT2D eigenvalue weighted by atomic mass is 10.2. The maximum atomic E-state index is 12.3. The normalized spacial score (nSPS) is 11.4. The highest BCUT2D eigenvalue weighted by Gasteiger charge is 2.22. The van der Waals surface area contributed by atoms with E-state index in [2.05, 4.69) is 5.32 Å². The smallest absolute Gasteiger partial charge is 0.342 e. The van der Waals surface area contributed by atoms with Crippen LogP contribution < -0.4 is 14.8 Å². The fraction of sp³-hybridized carbons (Fsp3) is 0.222. The number of methoxy groups -OCH3 is 2. The van der Waals surface area contributed by atoms with E-state index < -0.39 is 18.0 Å². The summed E-state index contributed by atoms with van der Waals surface area (Å²) in [5, 5.41) is 12.9. The van der Waals surface area contributed by atoms with Crippen LogP contribution in [0.2, 0.25) is 5.02 Å². The molecule has 0 fully saturated rings. The summed E-state index contributed by atoms with van der Waals surface area (Å²) in [4.78, 5) is 24.4. The Morgan fingerprint density at radius 1 is 1.12 bits per heavy atom. The van der Waals surface area contributed by atoms with E-state index in [0.717, 1.165) is 0 Å². The molecular weight excluding hydrogens is 362 g/mol. The lowest BCUT2D eigenvalue weighted by Crippen LogP contribution is -2.30. The van der Waals surface area contributed by atoms with Crippen LogP contribution in [0.4, 0.5) is 5.69 Å². The molecule has 0 bridgehead atoms. The Kier molecular flexibility index (Phi) is 6.30. The molecule has 2 rings (SSSR count). The summed E-state index contributed by atoms with van der Waals surface area (Å²) in [7, 11) is 2.89. The van der Waals surface area contributed by atoms with Crippen molar-refractivity contribution in [3.05, 3.63) is 47.0 Å². The number of hydrogen-bond donors (Lipinski definition) is 2. The predicted octanol–water partition coefficient (Wildman–Crippen LogP) is 3.25. The van der Waals surface area contributed by atoms with Crippen LogP contribution in [0.3, 0.4) is 0 Å². The van der Waals surface area contributed by atoms with Crippen molar-refractivity contribution in [2.45, 2.75) is 13.0 Å². The molecule has 1 atom stereocenters. The van der Waals surface area contributed by atoms with Crippen LogP contribution >= 0.6 is 11.6 Å². The molecule has 0 saturated carbocycles. The van der Waals surface area contributed by atoms with Crippen LogP contribution in [0.1, 0.15) is 17.3 Å². The van der Waals surface area contributed by atoms with E-state index in [-0.39, 0.29) is 11.3 Å². The Morgan fingerprint density at radius 2 is 1.85 bits per heavy atom. The Morgan fingerprint density at radius 3 is 2.46 bits per heavy atom. The van der Waals surface area contributed by atoms with Crippen molar-refractivity contribution >= 4 is 29.2 Å². The van der Waals surface area contributed by atoms with Crippen LogP contribution in [-0.4, -0.2) is 37.3 Å². The number of phenols is 1. The van der Waals surface area contributed by atoms with E-state index >= 15 is 0 Å². The number of anilines is 1. The maximum absolute atomic E-state index is 12.3. The van der Waals surface area contributed by atoms with Gasteiger partial charge < -0.3 is 24.6 Å². The highest BCUT2D eigenvalue weighted by Crippen LogP contribution is 2.28. The molecule has 0 spiro atoms. The Labute approximate surface area is 155 Å². The highest BCUT2D eigenvalue weighted by atomic mass is 35.5. The molecule has 0 aliphatic heterocycles. The average Bonchev–Trinajstić information content (AvgIpc) is 2.61. The van der Waals surface area contributed by atoms with Gasteiger partial charge in [0.15, 0.2) is 6.10 Å². The molecule has 0 saturated heterocycles. The van der Waals surface area contributed by atoms with Crippen molar-refractivity contribution in [2.24, 2.45) is 0 Å². The molecule has 0 radical (unpaired) electrons. The second kappa shape index (κ2) is 8.44. The molecule has 0 aliphatic carbocycles. The van der Waals surface area contributed by atoms with Gasteiger partial charge in [-0.05, 0) is 37.3 Å². The Balaban J connectivity index is 2.07. The number of ether oxygens (including phenoxy) is 3.